The highest BCUT2D eigenvalue weighted by atomic mass is 16.5. The van der Waals surface area contributed by atoms with Crippen molar-refractivity contribution in [1.82, 2.24) is 5.32 Å². The fourth-order valence-electron chi connectivity index (χ4n) is 1.34. The zero-order chi connectivity index (χ0) is 11.1. The highest BCUT2D eigenvalue weighted by Gasteiger charge is 1.97. The van der Waals surface area contributed by atoms with Gasteiger partial charge in [0, 0.05) is 13.2 Å². The quantitative estimate of drug-likeness (QED) is 0.550. The van der Waals surface area contributed by atoms with Crippen molar-refractivity contribution in [3.8, 4) is 5.75 Å². The summed E-state index contributed by atoms with van der Waals surface area (Å²) >= 11 is 0. The van der Waals surface area contributed by atoms with Crippen molar-refractivity contribution in [2.24, 2.45) is 5.73 Å². The van der Waals surface area contributed by atoms with Gasteiger partial charge < -0.3 is 15.8 Å². The normalized spacial score (nSPS) is 10.7. The molecule has 0 aromatic heterocycles. The topological polar surface area (TPSA) is 47.3 Å². The summed E-state index contributed by atoms with van der Waals surface area (Å²) in [4.78, 5) is 0. The second-order valence-electron chi connectivity index (χ2n) is 3.76. The van der Waals surface area contributed by atoms with Gasteiger partial charge in [0.2, 0.25) is 0 Å². The molecule has 1 aromatic carbocycles. The van der Waals surface area contributed by atoms with Crippen LogP contribution in [0.25, 0.3) is 0 Å². The lowest BCUT2D eigenvalue weighted by Gasteiger charge is -2.10. The summed E-state index contributed by atoms with van der Waals surface area (Å²) in [6, 6.07) is 8.21. The molecule has 0 aliphatic rings. The van der Waals surface area contributed by atoms with Crippen LogP contribution in [-0.4, -0.2) is 19.3 Å². The third kappa shape index (κ3) is 4.81. The van der Waals surface area contributed by atoms with Crippen LogP contribution < -0.4 is 15.8 Å². The molecule has 0 atom stereocenters. The maximum atomic E-state index is 5.56. The van der Waals surface area contributed by atoms with Crippen LogP contribution in [0.5, 0.6) is 5.75 Å². The van der Waals surface area contributed by atoms with Gasteiger partial charge in [-0.3, -0.25) is 0 Å². The molecule has 0 aliphatic carbocycles. The Morgan fingerprint density at radius 2 is 1.93 bits per heavy atom. The number of ether oxygens (including phenoxy) is 1. The molecule has 1 rings (SSSR count). The first-order valence-electron chi connectivity index (χ1n) is 5.38. The summed E-state index contributed by atoms with van der Waals surface area (Å²) in [6.45, 7) is 5.51. The lowest BCUT2D eigenvalue weighted by Crippen LogP contribution is -2.24. The molecule has 3 heteroatoms. The lowest BCUT2D eigenvalue weighted by molar-refractivity contribution is 0.242. The van der Waals surface area contributed by atoms with Crippen LogP contribution in [-0.2, 0) is 6.42 Å². The summed E-state index contributed by atoms with van der Waals surface area (Å²) in [5, 5.41) is 3.09. The third-order valence-corrected chi connectivity index (χ3v) is 2.03. The van der Waals surface area contributed by atoms with Gasteiger partial charge >= 0.3 is 0 Å². The Morgan fingerprint density at radius 3 is 2.47 bits per heavy atom. The van der Waals surface area contributed by atoms with Gasteiger partial charge in [0.25, 0.3) is 0 Å². The smallest absolute Gasteiger partial charge is 0.119 e. The van der Waals surface area contributed by atoms with Crippen molar-refractivity contribution in [2.75, 3.05) is 13.2 Å². The van der Waals surface area contributed by atoms with Crippen molar-refractivity contribution in [1.29, 1.82) is 0 Å². The minimum absolute atomic E-state index is 0.231. The second-order valence-corrected chi connectivity index (χ2v) is 3.76. The van der Waals surface area contributed by atoms with Gasteiger partial charge in [-0.1, -0.05) is 12.1 Å². The molecule has 3 N–H and O–H groups in total. The monoisotopic (exact) mass is 208 g/mol. The fraction of sp³-hybridized carbons (Fsp3) is 0.500. The van der Waals surface area contributed by atoms with Crippen molar-refractivity contribution in [2.45, 2.75) is 26.4 Å². The first kappa shape index (κ1) is 12.0. The second kappa shape index (κ2) is 6.43. The Balaban J connectivity index is 2.42. The minimum atomic E-state index is 0.231. The number of nitrogens with two attached hydrogens (primary N) is 1. The van der Waals surface area contributed by atoms with Gasteiger partial charge in [-0.25, -0.2) is 0 Å². The molecular weight excluding hydrogens is 188 g/mol. The Bertz CT molecular complexity index is 269. The van der Waals surface area contributed by atoms with E-state index < -0.39 is 0 Å². The zero-order valence-electron chi connectivity index (χ0n) is 9.49. The average Bonchev–Trinajstić information content (AvgIpc) is 2.20. The molecule has 1 aromatic rings. The Kier molecular flexibility index (Phi) is 5.15. The van der Waals surface area contributed by atoms with Gasteiger partial charge in [-0.05, 0) is 38.0 Å². The van der Waals surface area contributed by atoms with E-state index in [-0.39, 0.29) is 6.10 Å². The zero-order valence-corrected chi connectivity index (χ0v) is 9.49. The standard InChI is InChI=1S/C12H20N2O/c1-10(2)15-12-5-3-11(4-6-12)7-8-14-9-13/h3-6,10,14H,7-9,13H2,1-2H3. The van der Waals surface area contributed by atoms with E-state index in [0.29, 0.717) is 6.67 Å². The van der Waals surface area contributed by atoms with E-state index in [1.165, 1.54) is 5.56 Å². The Hall–Kier alpha value is -1.06. The van der Waals surface area contributed by atoms with Crippen LogP contribution in [0.4, 0.5) is 0 Å². The van der Waals surface area contributed by atoms with Gasteiger partial charge in [-0.2, -0.15) is 0 Å². The van der Waals surface area contributed by atoms with E-state index in [9.17, 15) is 0 Å². The van der Waals surface area contributed by atoms with Crippen molar-refractivity contribution >= 4 is 0 Å². The molecule has 3 nitrogen and oxygen atoms in total. The van der Waals surface area contributed by atoms with Crippen LogP contribution in [0.3, 0.4) is 0 Å². The van der Waals surface area contributed by atoms with Gasteiger partial charge in [0.05, 0.1) is 6.10 Å². The van der Waals surface area contributed by atoms with E-state index in [4.69, 9.17) is 10.5 Å². The molecule has 84 valence electrons. The van der Waals surface area contributed by atoms with Crippen LogP contribution in [0.2, 0.25) is 0 Å². The Labute approximate surface area is 91.6 Å². The fourth-order valence-corrected chi connectivity index (χ4v) is 1.34. The van der Waals surface area contributed by atoms with Gasteiger partial charge in [0.1, 0.15) is 5.75 Å². The van der Waals surface area contributed by atoms with E-state index in [2.05, 4.69) is 17.4 Å². The van der Waals surface area contributed by atoms with Crippen molar-refractivity contribution < 1.29 is 4.74 Å². The first-order valence-corrected chi connectivity index (χ1v) is 5.38. The largest absolute Gasteiger partial charge is 0.491 e. The summed E-state index contributed by atoms with van der Waals surface area (Å²) < 4.78 is 5.56. The molecule has 15 heavy (non-hydrogen) atoms. The SMILES string of the molecule is CC(C)Oc1ccc(CCNCN)cc1. The predicted molar refractivity (Wildman–Crippen MR) is 63.0 cm³/mol. The van der Waals surface area contributed by atoms with E-state index in [1.54, 1.807) is 0 Å². The molecule has 0 heterocycles. The molecule has 0 saturated carbocycles. The summed E-state index contributed by atoms with van der Waals surface area (Å²) in [5.41, 5.74) is 6.64. The van der Waals surface area contributed by atoms with Crippen molar-refractivity contribution in [3.63, 3.8) is 0 Å². The van der Waals surface area contributed by atoms with E-state index in [1.807, 2.05) is 26.0 Å². The minimum Gasteiger partial charge on any atom is -0.491 e. The summed E-state index contributed by atoms with van der Waals surface area (Å²) in [6.07, 6.45) is 1.23. The molecule has 0 saturated heterocycles. The third-order valence-electron chi connectivity index (χ3n) is 2.03. The van der Waals surface area contributed by atoms with Crippen LogP contribution in [0.15, 0.2) is 24.3 Å². The highest BCUT2D eigenvalue weighted by Crippen LogP contribution is 2.13. The van der Waals surface area contributed by atoms with Gasteiger partial charge in [-0.15, -0.1) is 0 Å². The summed E-state index contributed by atoms with van der Waals surface area (Å²) in [5.74, 6) is 0.931. The van der Waals surface area contributed by atoms with Crippen LogP contribution in [0, 0.1) is 0 Å². The highest BCUT2D eigenvalue weighted by molar-refractivity contribution is 5.27. The number of rotatable bonds is 6. The summed E-state index contributed by atoms with van der Waals surface area (Å²) in [7, 11) is 0. The maximum Gasteiger partial charge on any atom is 0.119 e. The molecule has 0 amide bonds. The van der Waals surface area contributed by atoms with Crippen LogP contribution in [0.1, 0.15) is 19.4 Å². The molecule has 0 radical (unpaired) electrons. The molecule has 0 aliphatic heterocycles. The average molecular weight is 208 g/mol. The molecular formula is C12H20N2O. The van der Waals surface area contributed by atoms with E-state index in [0.717, 1.165) is 18.7 Å². The number of benzene rings is 1. The maximum absolute atomic E-state index is 5.56. The number of hydrogen-bond donors (Lipinski definition) is 2. The first-order chi connectivity index (χ1) is 7.22. The number of hydrogen-bond acceptors (Lipinski definition) is 3. The molecule has 0 spiro atoms. The lowest BCUT2D eigenvalue weighted by atomic mass is 10.1. The Morgan fingerprint density at radius 1 is 1.27 bits per heavy atom. The van der Waals surface area contributed by atoms with E-state index >= 15 is 0 Å². The van der Waals surface area contributed by atoms with Crippen molar-refractivity contribution in [3.05, 3.63) is 29.8 Å². The molecule has 0 unspecified atom stereocenters. The van der Waals surface area contributed by atoms with Gasteiger partial charge in [0.15, 0.2) is 0 Å². The predicted octanol–water partition coefficient (Wildman–Crippen LogP) is 1.52. The molecule has 0 fully saturated rings. The number of nitrogens with one attached hydrogen (secondary N) is 1. The molecule has 0 bridgehead atoms. The van der Waals surface area contributed by atoms with Crippen LogP contribution >= 0.6 is 0 Å².